The summed E-state index contributed by atoms with van der Waals surface area (Å²) in [6.45, 7) is 1.75. The largest absolute Gasteiger partial charge is 1.00 e. The molecule has 3 aromatic carbocycles. The number of nitro benzene ring substituents is 2. The van der Waals surface area contributed by atoms with E-state index in [2.05, 4.69) is 9.79 Å². The second kappa shape index (κ2) is 28.0. The van der Waals surface area contributed by atoms with Crippen molar-refractivity contribution >= 4 is 34.9 Å². The van der Waals surface area contributed by atoms with Gasteiger partial charge in [-0.05, 0) is 119 Å². The fourth-order valence-electron chi connectivity index (χ4n) is 9.76. The summed E-state index contributed by atoms with van der Waals surface area (Å²) in [7, 11) is 0. The maximum atomic E-state index is 13.0. The van der Waals surface area contributed by atoms with E-state index >= 15 is 0 Å². The summed E-state index contributed by atoms with van der Waals surface area (Å²) < 4.78 is 126. The first-order chi connectivity index (χ1) is 30.9. The molecule has 13 nitrogen and oxygen atoms in total. The Morgan fingerprint density at radius 3 is 1.25 bits per heavy atom. The minimum atomic E-state index is -4.93. The van der Waals surface area contributed by atoms with Crippen LogP contribution in [0.3, 0.4) is 0 Å². The first-order valence-electron chi connectivity index (χ1n) is 21.2. The van der Waals surface area contributed by atoms with E-state index in [-0.39, 0.29) is 105 Å². The van der Waals surface area contributed by atoms with E-state index in [1.165, 1.54) is 30.0 Å². The van der Waals surface area contributed by atoms with E-state index in [0.29, 0.717) is 35.6 Å². The molecular formula is C44H55F10N5Na2O8. The van der Waals surface area contributed by atoms with Crippen LogP contribution in [0.15, 0.2) is 54.6 Å². The van der Waals surface area contributed by atoms with E-state index in [1.54, 1.807) is 45.1 Å². The summed E-state index contributed by atoms with van der Waals surface area (Å²) >= 11 is 0. The van der Waals surface area contributed by atoms with Crippen molar-refractivity contribution < 1.29 is 134 Å². The Balaban J connectivity index is 0.000000881. The minimum absolute atomic E-state index is 0. The number of carbonyl (C=O) groups is 1. The topological polar surface area (TPSA) is 188 Å². The molecule has 69 heavy (non-hydrogen) atoms. The van der Waals surface area contributed by atoms with Crippen molar-refractivity contribution in [3.05, 3.63) is 97.3 Å². The normalized spacial score (nSPS) is 22.1. The summed E-state index contributed by atoms with van der Waals surface area (Å²) in [5.41, 5.74) is 0.850. The number of alkyl halides is 9. The third kappa shape index (κ3) is 17.4. The number of halogens is 10. The predicted octanol–water partition coefficient (Wildman–Crippen LogP) is 5.30. The molecular weight excluding hydrogens is 962 g/mol. The average molecular weight is 1020 g/mol. The van der Waals surface area contributed by atoms with E-state index in [1.807, 2.05) is 4.90 Å². The average Bonchev–Trinajstić information content (AvgIpc) is 4.15. The Morgan fingerprint density at radius 2 is 0.957 bits per heavy atom. The van der Waals surface area contributed by atoms with Gasteiger partial charge in [-0.1, -0.05) is 33.1 Å². The van der Waals surface area contributed by atoms with Gasteiger partial charge in [0.1, 0.15) is 16.9 Å². The van der Waals surface area contributed by atoms with Gasteiger partial charge in [0, 0.05) is 60.0 Å². The number of rotatable bonds is 5. The first-order valence-corrected chi connectivity index (χ1v) is 21.2. The van der Waals surface area contributed by atoms with E-state index in [4.69, 9.17) is 20.9 Å². The van der Waals surface area contributed by atoms with E-state index in [9.17, 15) is 64.1 Å². The smallest absolute Gasteiger partial charge is 1.00 e. The Morgan fingerprint density at radius 1 is 0.652 bits per heavy atom. The molecule has 6 fully saturated rings. The monoisotopic (exact) mass is 1020 g/mol. The molecule has 3 aromatic rings. The van der Waals surface area contributed by atoms with Crippen molar-refractivity contribution in [3.8, 4) is 0 Å². The van der Waals surface area contributed by atoms with Gasteiger partial charge in [-0.25, -0.2) is 4.39 Å². The molecule has 6 bridgehead atoms. The SMILES string of the molecule is C.C1CC2CCC1C2.CCO.Nc1ccc(N2C3CCC2CC3)cc1C(F)(F)F.O=CO[O-].O=[N+]([O-])c1ccc(F)cc1C(F)(F)F.O=[N+]([O-])c1ccc(N2C3CCC2CC3)cc1C(F)(F)F.[H-].[Na+].[Na+]. The van der Waals surface area contributed by atoms with Crippen LogP contribution in [0.2, 0.25) is 0 Å². The van der Waals surface area contributed by atoms with Gasteiger partial charge in [0.2, 0.25) is 0 Å². The summed E-state index contributed by atoms with van der Waals surface area (Å²) in [5.74, 6) is 1.18. The number of nitrogens with zero attached hydrogens (tertiary/aromatic N) is 4. The zero-order valence-corrected chi connectivity index (χ0v) is 41.6. The van der Waals surface area contributed by atoms with Crippen LogP contribution in [-0.2, 0) is 28.2 Å². The number of hydrogen-bond donors (Lipinski definition) is 2. The van der Waals surface area contributed by atoms with Crippen LogP contribution in [0, 0.1) is 37.9 Å². The first kappa shape index (κ1) is 63.6. The molecule has 0 amide bonds. The van der Waals surface area contributed by atoms with Crippen LogP contribution in [0.5, 0.6) is 0 Å². The Hall–Kier alpha value is -3.45. The standard InChI is InChI=1S/C13H13F3N2O2.C13H15F3N2.C7H3F4NO2.C7H12.C2H6O.CH2O3.CH4.2Na.H/c14-13(15,16)11-7-10(5-6-12(11)18(19)20)17-8-1-2-9(17)4-3-8;14-13(15,16)11-7-10(5-6-12(11)17)18-8-1-2-9(18)4-3-8;8-4-1-2-6(12(13)14)5(3-4)7(9,10)11;1-2-7-4-3-6(1)5-7;1-2-3;2-1-4-3;;;;/h5-9H,1-4H2;5-9H,1-4,17H2;1-3H;6-7H,1-5H2;3H,2H2,1H3;1,3H;1H4;;;/q;;;;;;;2*+1;-1/p-1. The van der Waals surface area contributed by atoms with Gasteiger partial charge in [0.05, 0.1) is 15.4 Å². The molecule has 4 saturated heterocycles. The zero-order valence-electron chi connectivity index (χ0n) is 38.6. The summed E-state index contributed by atoms with van der Waals surface area (Å²) in [6.07, 6.45) is 2.14. The van der Waals surface area contributed by atoms with Gasteiger partial charge in [0.25, 0.3) is 17.8 Å². The Bertz CT molecular complexity index is 2070. The van der Waals surface area contributed by atoms with Gasteiger partial charge in [-0.3, -0.25) is 25.0 Å². The molecule has 0 aromatic heterocycles. The van der Waals surface area contributed by atoms with Crippen molar-refractivity contribution in [2.45, 2.75) is 141 Å². The number of nitro groups is 2. The van der Waals surface area contributed by atoms with Gasteiger partial charge in [-0.2, -0.15) is 39.5 Å². The third-order valence-corrected chi connectivity index (χ3v) is 12.5. The molecule has 25 heteroatoms. The summed E-state index contributed by atoms with van der Waals surface area (Å²) in [4.78, 5) is 34.1. The molecule has 0 unspecified atom stereocenters. The number of hydrogen-bond acceptors (Lipinski definition) is 11. The van der Waals surface area contributed by atoms with Crippen LogP contribution in [0.25, 0.3) is 0 Å². The maximum absolute atomic E-state index is 13.0. The van der Waals surface area contributed by atoms with Gasteiger partial charge in [0.15, 0.2) is 0 Å². The molecule has 2 saturated carbocycles. The molecule has 9 rings (SSSR count). The number of nitrogen functional groups attached to an aromatic ring is 1. The molecule has 2 aliphatic carbocycles. The molecule has 0 radical (unpaired) electrons. The second-order valence-electron chi connectivity index (χ2n) is 16.5. The van der Waals surface area contributed by atoms with Crippen molar-refractivity contribution in [1.29, 1.82) is 0 Å². The fourth-order valence-corrected chi connectivity index (χ4v) is 9.76. The fraction of sp³-hybridized carbons (Fsp3) is 0.568. The van der Waals surface area contributed by atoms with Gasteiger partial charge < -0.3 is 32.2 Å². The number of benzene rings is 3. The van der Waals surface area contributed by atoms with Crippen LogP contribution >= 0.6 is 0 Å². The second-order valence-corrected chi connectivity index (χ2v) is 16.5. The quantitative estimate of drug-likeness (QED) is 0.0642. The zero-order chi connectivity index (χ0) is 49.1. The molecule has 376 valence electrons. The van der Waals surface area contributed by atoms with Crippen LogP contribution in [0.1, 0.15) is 116 Å². The summed E-state index contributed by atoms with van der Waals surface area (Å²) in [6, 6.07) is 10.2. The summed E-state index contributed by atoms with van der Waals surface area (Å²) in [5, 5.41) is 36.9. The van der Waals surface area contributed by atoms with Crippen molar-refractivity contribution in [2.75, 3.05) is 22.1 Å². The van der Waals surface area contributed by atoms with Gasteiger partial charge in [-0.15, -0.1) is 0 Å². The van der Waals surface area contributed by atoms with Crippen molar-refractivity contribution in [2.24, 2.45) is 11.8 Å². The number of fused-ring (bicyclic) bond motifs is 6. The molecule has 3 N–H and O–H groups in total. The molecule has 0 atom stereocenters. The van der Waals surface area contributed by atoms with E-state index in [0.717, 1.165) is 63.5 Å². The number of anilines is 3. The number of aliphatic hydroxyl groups is 1. The Kier molecular flexibility index (Phi) is 25.8. The van der Waals surface area contributed by atoms with Crippen LogP contribution in [-0.4, -0.2) is 52.2 Å². The maximum Gasteiger partial charge on any atom is 1.00 e. The van der Waals surface area contributed by atoms with E-state index < -0.39 is 62.3 Å². The molecule has 0 spiro atoms. The number of aliphatic hydroxyl groups excluding tert-OH is 1. The van der Waals surface area contributed by atoms with Crippen LogP contribution in [0.4, 0.5) is 72.3 Å². The molecule has 6 aliphatic rings. The minimum Gasteiger partial charge on any atom is -1.00 e. The van der Waals surface area contributed by atoms with Gasteiger partial charge >= 0.3 is 77.6 Å². The molecule has 4 aliphatic heterocycles. The molecule has 4 heterocycles. The third-order valence-electron chi connectivity index (χ3n) is 12.5. The van der Waals surface area contributed by atoms with Crippen molar-refractivity contribution in [3.63, 3.8) is 0 Å². The van der Waals surface area contributed by atoms with Crippen molar-refractivity contribution in [1.82, 2.24) is 0 Å². The Labute approximate surface area is 438 Å². The number of carbonyl (C=O) groups excluding carboxylic acids is 1. The number of nitrogens with two attached hydrogens (primary N) is 1. The van der Waals surface area contributed by atoms with Crippen LogP contribution < -0.4 is 79.9 Å². The predicted molar refractivity (Wildman–Crippen MR) is 227 cm³/mol.